The first kappa shape index (κ1) is 11.7. The van der Waals surface area contributed by atoms with E-state index in [1.807, 2.05) is 6.92 Å². The van der Waals surface area contributed by atoms with Gasteiger partial charge in [-0.1, -0.05) is 25.8 Å². The second-order valence-corrected chi connectivity index (χ2v) is 5.76. The summed E-state index contributed by atoms with van der Waals surface area (Å²) in [5.41, 5.74) is 0.941. The Hall–Kier alpha value is -0.740. The molecule has 2 aliphatic rings. The van der Waals surface area contributed by atoms with Crippen LogP contribution in [-0.4, -0.2) is 11.2 Å². The molecule has 1 aliphatic heterocycles. The minimum absolute atomic E-state index is 0.0845. The lowest BCUT2D eigenvalue weighted by atomic mass is 9.69. The molecule has 1 heteroatoms. The van der Waals surface area contributed by atoms with Crippen molar-refractivity contribution in [3.8, 4) is 12.3 Å². The number of rotatable bonds is 0. The lowest BCUT2D eigenvalue weighted by Gasteiger charge is -2.43. The zero-order valence-corrected chi connectivity index (χ0v) is 10.8. The van der Waals surface area contributed by atoms with Crippen LogP contribution >= 0.6 is 0 Å². The van der Waals surface area contributed by atoms with Crippen LogP contribution in [-0.2, 0) is 4.74 Å². The summed E-state index contributed by atoms with van der Waals surface area (Å²) in [6, 6.07) is 0. The van der Waals surface area contributed by atoms with Gasteiger partial charge in [-0.05, 0) is 50.5 Å². The standard InChI is InChI=1S/C15H22O/c1-6-14(5)9-10-15(16-14)12(3)8-7-11(2)13(15)4/h1,8,11,13H,7,9-10H2,2-5H3/t11-,13-,14+,15-/m1/s1. The number of hydrogen-bond acceptors (Lipinski definition) is 1. The number of allylic oxidation sites excluding steroid dienone is 1. The van der Waals surface area contributed by atoms with E-state index in [0.717, 1.165) is 12.8 Å². The maximum atomic E-state index is 6.32. The van der Waals surface area contributed by atoms with Gasteiger partial charge in [-0.3, -0.25) is 0 Å². The van der Waals surface area contributed by atoms with Crippen LogP contribution in [0.3, 0.4) is 0 Å². The summed E-state index contributed by atoms with van der Waals surface area (Å²) in [5, 5.41) is 0. The van der Waals surface area contributed by atoms with Crippen LogP contribution in [0, 0.1) is 24.2 Å². The Bertz CT molecular complexity index is 362. The molecule has 0 amide bonds. The number of hydrogen-bond donors (Lipinski definition) is 0. The topological polar surface area (TPSA) is 9.23 Å². The average Bonchev–Trinajstić information content (AvgIpc) is 2.63. The molecule has 0 aromatic carbocycles. The van der Waals surface area contributed by atoms with Crippen LogP contribution in [0.2, 0.25) is 0 Å². The predicted octanol–water partition coefficient (Wildman–Crippen LogP) is 3.55. The van der Waals surface area contributed by atoms with Gasteiger partial charge in [-0.25, -0.2) is 0 Å². The Morgan fingerprint density at radius 1 is 1.44 bits per heavy atom. The number of ether oxygens (including phenoxy) is 1. The summed E-state index contributed by atoms with van der Waals surface area (Å²) in [6.07, 6.45) is 11.1. The quantitative estimate of drug-likeness (QED) is 0.446. The molecule has 2 rings (SSSR count). The largest absolute Gasteiger partial charge is 0.352 e. The fourth-order valence-corrected chi connectivity index (χ4v) is 3.19. The molecular weight excluding hydrogens is 196 g/mol. The van der Waals surface area contributed by atoms with Gasteiger partial charge in [0.25, 0.3) is 0 Å². The van der Waals surface area contributed by atoms with Gasteiger partial charge in [0.1, 0.15) is 5.60 Å². The highest BCUT2D eigenvalue weighted by Crippen LogP contribution is 2.51. The fourth-order valence-electron chi connectivity index (χ4n) is 3.19. The number of terminal acetylenes is 1. The van der Waals surface area contributed by atoms with E-state index < -0.39 is 0 Å². The van der Waals surface area contributed by atoms with Crippen molar-refractivity contribution in [1.82, 2.24) is 0 Å². The molecule has 1 aliphatic carbocycles. The van der Waals surface area contributed by atoms with E-state index in [2.05, 4.69) is 32.8 Å². The minimum Gasteiger partial charge on any atom is -0.352 e. The van der Waals surface area contributed by atoms with E-state index >= 15 is 0 Å². The van der Waals surface area contributed by atoms with Gasteiger partial charge in [-0.15, -0.1) is 6.42 Å². The zero-order chi connectivity index (χ0) is 12.0. The highest BCUT2D eigenvalue weighted by molar-refractivity contribution is 5.26. The molecule has 1 heterocycles. The van der Waals surface area contributed by atoms with Gasteiger partial charge in [0.2, 0.25) is 0 Å². The molecule has 1 spiro atoms. The van der Waals surface area contributed by atoms with Crippen molar-refractivity contribution in [3.05, 3.63) is 11.6 Å². The maximum Gasteiger partial charge on any atom is 0.126 e. The van der Waals surface area contributed by atoms with Gasteiger partial charge in [-0.2, -0.15) is 0 Å². The first-order chi connectivity index (χ1) is 7.43. The van der Waals surface area contributed by atoms with Gasteiger partial charge in [0.15, 0.2) is 0 Å². The first-order valence-electron chi connectivity index (χ1n) is 6.29. The molecule has 0 aromatic heterocycles. The third kappa shape index (κ3) is 1.52. The molecular formula is C15H22O. The zero-order valence-electron chi connectivity index (χ0n) is 10.8. The molecule has 0 N–H and O–H groups in total. The molecule has 0 radical (unpaired) electrons. The van der Waals surface area contributed by atoms with Crippen LogP contribution < -0.4 is 0 Å². The molecule has 16 heavy (non-hydrogen) atoms. The maximum absolute atomic E-state index is 6.32. The van der Waals surface area contributed by atoms with Crippen molar-refractivity contribution in [2.24, 2.45) is 11.8 Å². The Balaban J connectivity index is 2.36. The van der Waals surface area contributed by atoms with Crippen LogP contribution in [0.15, 0.2) is 11.6 Å². The second-order valence-electron chi connectivity index (χ2n) is 5.76. The SMILES string of the molecule is C#C[C@@]1(C)CC[C@@]2(O1)C(C)=CC[C@@H](C)[C@H]2C. The highest BCUT2D eigenvalue weighted by atomic mass is 16.5. The molecule has 4 atom stereocenters. The predicted molar refractivity (Wildman–Crippen MR) is 67.0 cm³/mol. The third-order valence-corrected chi connectivity index (χ3v) is 4.74. The fraction of sp³-hybridized carbons (Fsp3) is 0.733. The lowest BCUT2D eigenvalue weighted by molar-refractivity contribution is -0.0886. The van der Waals surface area contributed by atoms with Crippen molar-refractivity contribution in [1.29, 1.82) is 0 Å². The van der Waals surface area contributed by atoms with Crippen molar-refractivity contribution < 1.29 is 4.74 Å². The van der Waals surface area contributed by atoms with Gasteiger partial charge in [0.05, 0.1) is 5.60 Å². The van der Waals surface area contributed by atoms with Crippen molar-refractivity contribution in [2.45, 2.75) is 58.2 Å². The van der Waals surface area contributed by atoms with E-state index in [-0.39, 0.29) is 11.2 Å². The molecule has 0 unspecified atom stereocenters. The molecule has 88 valence electrons. The molecule has 1 saturated heterocycles. The molecule has 0 saturated carbocycles. The van der Waals surface area contributed by atoms with E-state index in [4.69, 9.17) is 11.2 Å². The van der Waals surface area contributed by atoms with Crippen LogP contribution in [0.25, 0.3) is 0 Å². The van der Waals surface area contributed by atoms with E-state index in [1.54, 1.807) is 0 Å². The van der Waals surface area contributed by atoms with Crippen molar-refractivity contribution in [2.75, 3.05) is 0 Å². The van der Waals surface area contributed by atoms with Crippen LogP contribution in [0.1, 0.15) is 47.0 Å². The smallest absolute Gasteiger partial charge is 0.126 e. The summed E-state index contributed by atoms with van der Waals surface area (Å²) < 4.78 is 6.32. The minimum atomic E-state index is -0.361. The third-order valence-electron chi connectivity index (χ3n) is 4.74. The van der Waals surface area contributed by atoms with E-state index in [0.29, 0.717) is 11.8 Å². The average molecular weight is 218 g/mol. The van der Waals surface area contributed by atoms with Gasteiger partial charge in [0, 0.05) is 0 Å². The molecule has 0 bridgehead atoms. The highest BCUT2D eigenvalue weighted by Gasteiger charge is 2.52. The normalized spacial score (nSPS) is 47.8. The Kier molecular flexibility index (Phi) is 2.67. The summed E-state index contributed by atoms with van der Waals surface area (Å²) in [6.45, 7) is 8.86. The summed E-state index contributed by atoms with van der Waals surface area (Å²) >= 11 is 0. The Morgan fingerprint density at radius 3 is 2.69 bits per heavy atom. The summed E-state index contributed by atoms with van der Waals surface area (Å²) in [4.78, 5) is 0. The first-order valence-corrected chi connectivity index (χ1v) is 6.29. The van der Waals surface area contributed by atoms with Gasteiger partial charge < -0.3 is 4.74 Å². The van der Waals surface area contributed by atoms with Crippen LogP contribution in [0.5, 0.6) is 0 Å². The van der Waals surface area contributed by atoms with Crippen LogP contribution in [0.4, 0.5) is 0 Å². The summed E-state index contributed by atoms with van der Waals surface area (Å²) in [7, 11) is 0. The summed E-state index contributed by atoms with van der Waals surface area (Å²) in [5.74, 6) is 4.07. The van der Waals surface area contributed by atoms with Gasteiger partial charge >= 0.3 is 0 Å². The Labute approximate surface area is 99.3 Å². The van der Waals surface area contributed by atoms with E-state index in [9.17, 15) is 0 Å². The molecule has 1 nitrogen and oxygen atoms in total. The lowest BCUT2D eigenvalue weighted by Crippen LogP contribution is -2.44. The van der Waals surface area contributed by atoms with Crippen molar-refractivity contribution >= 4 is 0 Å². The molecule has 1 fully saturated rings. The van der Waals surface area contributed by atoms with E-state index in [1.165, 1.54) is 12.0 Å². The molecule has 0 aromatic rings. The monoisotopic (exact) mass is 218 g/mol. The second kappa shape index (κ2) is 3.64. The van der Waals surface area contributed by atoms with Crippen molar-refractivity contribution in [3.63, 3.8) is 0 Å². The Morgan fingerprint density at radius 2 is 2.12 bits per heavy atom.